The van der Waals surface area contributed by atoms with Gasteiger partial charge in [0.05, 0.1) is 5.75 Å². The number of halogens is 1. The molecule has 142 valence electrons. The van der Waals surface area contributed by atoms with Crippen LogP contribution in [0.5, 0.6) is 0 Å². The molecule has 0 aliphatic carbocycles. The predicted octanol–water partition coefficient (Wildman–Crippen LogP) is 2.49. The van der Waals surface area contributed by atoms with E-state index >= 15 is 0 Å². The average Bonchev–Trinajstić information content (AvgIpc) is 2.92. The fourth-order valence-electron chi connectivity index (χ4n) is 2.05. The number of alkyl carbamates (subject to hydrolysis) is 1. The van der Waals surface area contributed by atoms with E-state index in [0.717, 1.165) is 6.26 Å². The Balaban J connectivity index is 2.27. The Hall–Kier alpha value is -2.49. The van der Waals surface area contributed by atoms with Crippen LogP contribution in [0.4, 0.5) is 9.18 Å². The number of ether oxygens (including phenoxy) is 1. The maximum absolute atomic E-state index is 13.3. The molecule has 0 saturated heterocycles. The second-order valence-electron chi connectivity index (χ2n) is 6.76. The van der Waals surface area contributed by atoms with Gasteiger partial charge in [0, 0.05) is 11.8 Å². The van der Waals surface area contributed by atoms with Gasteiger partial charge in [-0.15, -0.1) is 0 Å². The molecule has 0 aliphatic rings. The molecule has 1 amide bonds. The Kier molecular flexibility index (Phi) is 5.65. The monoisotopic (exact) mass is 385 g/mol. The standard InChI is InChI=1S/C16H20FN3O5S/c1-16(2,3)24-15(21)18-12(9-26(4,22)23)14-19-13(20-25-14)10-6-5-7-11(17)8-10/h5-8,12H,9H2,1-4H3,(H,18,21). The minimum atomic E-state index is -3.48. The number of sulfone groups is 1. The Morgan fingerprint density at radius 1 is 1.38 bits per heavy atom. The molecular weight excluding hydrogens is 365 g/mol. The van der Waals surface area contributed by atoms with Crippen LogP contribution in [0.15, 0.2) is 28.8 Å². The zero-order chi connectivity index (χ0) is 19.5. The molecule has 0 aliphatic heterocycles. The van der Waals surface area contributed by atoms with Crippen molar-refractivity contribution >= 4 is 15.9 Å². The van der Waals surface area contributed by atoms with Crippen molar-refractivity contribution in [1.29, 1.82) is 0 Å². The van der Waals surface area contributed by atoms with E-state index in [4.69, 9.17) is 9.26 Å². The molecule has 1 aromatic heterocycles. The highest BCUT2D eigenvalue weighted by Crippen LogP contribution is 2.21. The number of nitrogens with one attached hydrogen (secondary N) is 1. The van der Waals surface area contributed by atoms with Crippen LogP contribution in [0.2, 0.25) is 0 Å². The molecule has 1 atom stereocenters. The van der Waals surface area contributed by atoms with Gasteiger partial charge in [0.2, 0.25) is 5.82 Å². The third-order valence-corrected chi connectivity index (χ3v) is 3.92. The van der Waals surface area contributed by atoms with Crippen molar-refractivity contribution in [3.8, 4) is 11.4 Å². The summed E-state index contributed by atoms with van der Waals surface area (Å²) in [4.78, 5) is 16.1. The van der Waals surface area contributed by atoms with Crippen LogP contribution in [-0.4, -0.2) is 42.3 Å². The molecule has 0 saturated carbocycles. The molecule has 1 heterocycles. The number of nitrogens with zero attached hydrogens (tertiary/aromatic N) is 2. The topological polar surface area (TPSA) is 111 Å². The van der Waals surface area contributed by atoms with Gasteiger partial charge in [-0.3, -0.25) is 0 Å². The zero-order valence-electron chi connectivity index (χ0n) is 14.8. The molecule has 0 radical (unpaired) electrons. The summed E-state index contributed by atoms with van der Waals surface area (Å²) in [5.41, 5.74) is -0.406. The van der Waals surface area contributed by atoms with E-state index in [1.807, 2.05) is 0 Å². The lowest BCUT2D eigenvalue weighted by Gasteiger charge is -2.21. The summed E-state index contributed by atoms with van der Waals surface area (Å²) in [5.74, 6) is -0.991. The van der Waals surface area contributed by atoms with E-state index in [1.165, 1.54) is 18.2 Å². The van der Waals surface area contributed by atoms with Crippen LogP contribution in [-0.2, 0) is 14.6 Å². The molecule has 0 bridgehead atoms. The number of aromatic nitrogens is 2. The average molecular weight is 385 g/mol. The van der Waals surface area contributed by atoms with Crippen molar-refractivity contribution in [2.45, 2.75) is 32.4 Å². The maximum atomic E-state index is 13.3. The van der Waals surface area contributed by atoms with E-state index in [1.54, 1.807) is 26.8 Å². The third kappa shape index (κ3) is 6.10. The van der Waals surface area contributed by atoms with E-state index in [-0.39, 0.29) is 11.7 Å². The molecular formula is C16H20FN3O5S. The summed E-state index contributed by atoms with van der Waals surface area (Å²) in [6, 6.07) is 4.43. The van der Waals surface area contributed by atoms with Crippen LogP contribution < -0.4 is 5.32 Å². The van der Waals surface area contributed by atoms with Gasteiger partial charge >= 0.3 is 6.09 Å². The largest absolute Gasteiger partial charge is 0.444 e. The van der Waals surface area contributed by atoms with Crippen molar-refractivity contribution < 1.29 is 26.9 Å². The summed E-state index contributed by atoms with van der Waals surface area (Å²) >= 11 is 0. The molecule has 0 spiro atoms. The highest BCUT2D eigenvalue weighted by Gasteiger charge is 2.28. The molecule has 26 heavy (non-hydrogen) atoms. The van der Waals surface area contributed by atoms with Gasteiger partial charge in [-0.25, -0.2) is 17.6 Å². The van der Waals surface area contributed by atoms with Crippen molar-refractivity contribution in [2.75, 3.05) is 12.0 Å². The second kappa shape index (κ2) is 7.40. The minimum absolute atomic E-state index is 0.0731. The van der Waals surface area contributed by atoms with Crippen molar-refractivity contribution in [3.05, 3.63) is 36.0 Å². The van der Waals surface area contributed by atoms with Gasteiger partial charge in [0.1, 0.15) is 27.3 Å². The lowest BCUT2D eigenvalue weighted by atomic mass is 10.2. The van der Waals surface area contributed by atoms with Crippen molar-refractivity contribution in [3.63, 3.8) is 0 Å². The fourth-order valence-corrected chi connectivity index (χ4v) is 2.88. The number of carbonyl (C=O) groups excluding carboxylic acids is 1. The predicted molar refractivity (Wildman–Crippen MR) is 91.5 cm³/mol. The molecule has 8 nitrogen and oxygen atoms in total. The van der Waals surface area contributed by atoms with E-state index in [9.17, 15) is 17.6 Å². The Morgan fingerprint density at radius 3 is 2.65 bits per heavy atom. The third-order valence-electron chi connectivity index (χ3n) is 2.98. The first-order chi connectivity index (χ1) is 11.9. The first-order valence-electron chi connectivity index (χ1n) is 7.70. The highest BCUT2D eigenvalue weighted by molar-refractivity contribution is 7.90. The molecule has 1 aromatic carbocycles. The van der Waals surface area contributed by atoms with Crippen LogP contribution in [0.25, 0.3) is 11.4 Å². The van der Waals surface area contributed by atoms with Gasteiger partial charge in [-0.2, -0.15) is 4.98 Å². The summed E-state index contributed by atoms with van der Waals surface area (Å²) in [5, 5.41) is 6.13. The Bertz CT molecular complexity index is 889. The molecule has 1 unspecified atom stereocenters. The van der Waals surface area contributed by atoms with E-state index < -0.39 is 39.1 Å². The Labute approximate surface area is 150 Å². The van der Waals surface area contributed by atoms with Crippen molar-refractivity contribution in [1.82, 2.24) is 15.5 Å². The summed E-state index contributed by atoms with van der Waals surface area (Å²) < 4.78 is 46.9. The second-order valence-corrected chi connectivity index (χ2v) is 8.94. The number of hydrogen-bond donors (Lipinski definition) is 1. The highest BCUT2D eigenvalue weighted by atomic mass is 32.2. The molecule has 0 fully saturated rings. The van der Waals surface area contributed by atoms with Gasteiger partial charge < -0.3 is 14.6 Å². The van der Waals surface area contributed by atoms with Crippen LogP contribution in [0.1, 0.15) is 32.7 Å². The lowest BCUT2D eigenvalue weighted by Crippen LogP contribution is -2.37. The maximum Gasteiger partial charge on any atom is 0.408 e. The van der Waals surface area contributed by atoms with Crippen LogP contribution >= 0.6 is 0 Å². The van der Waals surface area contributed by atoms with Gasteiger partial charge in [0.25, 0.3) is 5.89 Å². The summed E-state index contributed by atoms with van der Waals surface area (Å²) in [6.45, 7) is 5.02. The first-order valence-corrected chi connectivity index (χ1v) is 9.76. The van der Waals surface area contributed by atoms with Gasteiger partial charge in [-0.1, -0.05) is 17.3 Å². The number of rotatable bonds is 5. The smallest absolute Gasteiger partial charge is 0.408 e. The summed E-state index contributed by atoms with van der Waals surface area (Å²) in [6.07, 6.45) is 0.192. The summed E-state index contributed by atoms with van der Waals surface area (Å²) in [7, 11) is -3.48. The Morgan fingerprint density at radius 2 is 2.08 bits per heavy atom. The van der Waals surface area contributed by atoms with Crippen LogP contribution in [0.3, 0.4) is 0 Å². The molecule has 2 aromatic rings. The number of benzene rings is 1. The van der Waals surface area contributed by atoms with Crippen molar-refractivity contribution in [2.24, 2.45) is 0 Å². The number of hydrogen-bond acceptors (Lipinski definition) is 7. The zero-order valence-corrected chi connectivity index (χ0v) is 15.6. The molecule has 1 N–H and O–H groups in total. The number of amides is 1. The van der Waals surface area contributed by atoms with Gasteiger partial charge in [-0.05, 0) is 32.9 Å². The fraction of sp³-hybridized carbons (Fsp3) is 0.438. The lowest BCUT2D eigenvalue weighted by molar-refractivity contribution is 0.0500. The quantitative estimate of drug-likeness (QED) is 0.841. The minimum Gasteiger partial charge on any atom is -0.444 e. The normalized spacial score (nSPS) is 13.3. The van der Waals surface area contributed by atoms with E-state index in [0.29, 0.717) is 5.56 Å². The van der Waals surface area contributed by atoms with Crippen LogP contribution in [0, 0.1) is 5.82 Å². The van der Waals surface area contributed by atoms with Gasteiger partial charge in [0.15, 0.2) is 0 Å². The number of carbonyl (C=O) groups is 1. The first kappa shape index (κ1) is 19.8. The molecule has 2 rings (SSSR count). The molecule has 10 heteroatoms. The SMILES string of the molecule is CC(C)(C)OC(=O)NC(CS(C)(=O)=O)c1nc(-c2cccc(F)c2)no1. The van der Waals surface area contributed by atoms with E-state index in [2.05, 4.69) is 15.5 Å².